The second-order valence-electron chi connectivity index (χ2n) is 7.27. The van der Waals surface area contributed by atoms with Crippen molar-refractivity contribution in [2.45, 2.75) is 60.0 Å². The molecule has 0 atom stereocenters. The molecule has 0 saturated heterocycles. The van der Waals surface area contributed by atoms with Gasteiger partial charge in [-0.3, -0.25) is 4.98 Å². The lowest BCUT2D eigenvalue weighted by atomic mass is 9.84. The number of aliphatic hydroxyl groups is 1. The van der Waals surface area contributed by atoms with Gasteiger partial charge in [0.1, 0.15) is 0 Å². The zero-order valence-electron chi connectivity index (χ0n) is 15.7. The second kappa shape index (κ2) is 7.76. The van der Waals surface area contributed by atoms with Gasteiger partial charge in [-0.05, 0) is 54.0 Å². The van der Waals surface area contributed by atoms with Crippen molar-refractivity contribution in [1.29, 1.82) is 0 Å². The van der Waals surface area contributed by atoms with Crippen LogP contribution in [0.1, 0.15) is 75.6 Å². The molecule has 24 heavy (non-hydrogen) atoms. The Balaban J connectivity index is 2.68. The van der Waals surface area contributed by atoms with Crippen LogP contribution >= 0.6 is 0 Å². The van der Waals surface area contributed by atoms with Crippen molar-refractivity contribution < 1.29 is 5.11 Å². The van der Waals surface area contributed by atoms with Crippen molar-refractivity contribution in [2.24, 2.45) is 0 Å². The molecule has 0 radical (unpaired) electrons. The lowest BCUT2D eigenvalue weighted by Crippen LogP contribution is -2.05. The van der Waals surface area contributed by atoms with E-state index in [0.717, 1.165) is 16.8 Å². The molecule has 0 bridgehead atoms. The minimum Gasteiger partial charge on any atom is -0.392 e. The van der Waals surface area contributed by atoms with Gasteiger partial charge < -0.3 is 5.11 Å². The van der Waals surface area contributed by atoms with Crippen LogP contribution in [0, 0.1) is 0 Å². The summed E-state index contributed by atoms with van der Waals surface area (Å²) in [6, 6.07) is 8.42. The Labute approximate surface area is 146 Å². The molecule has 0 saturated carbocycles. The Kier molecular flexibility index (Phi) is 5.95. The Bertz CT molecular complexity index is 720. The fourth-order valence-electron chi connectivity index (χ4n) is 3.22. The van der Waals surface area contributed by atoms with Crippen molar-refractivity contribution in [1.82, 2.24) is 4.98 Å². The van der Waals surface area contributed by atoms with Gasteiger partial charge in [-0.2, -0.15) is 0 Å². The molecule has 1 aromatic heterocycles. The molecule has 128 valence electrons. The average molecular weight is 323 g/mol. The van der Waals surface area contributed by atoms with Crippen LogP contribution in [0.2, 0.25) is 0 Å². The summed E-state index contributed by atoms with van der Waals surface area (Å²) in [4.78, 5) is 4.74. The maximum Gasteiger partial charge on any atom is 0.0708 e. The summed E-state index contributed by atoms with van der Waals surface area (Å²) in [5.41, 5.74) is 8.06. The molecule has 0 aliphatic heterocycles. The molecule has 0 fully saturated rings. The minimum atomic E-state index is 0.0642. The Morgan fingerprint density at radius 1 is 1.04 bits per heavy atom. The standard InChI is InChI=1S/C22H29NO/c1-14(2)11-17-7-10-20(23-12-17)22-19(15(3)4)9-8-18(13-24)21(22)16(5)6/h7-12,15-16,24H,13H2,1-6H3. The molecule has 2 rings (SSSR count). The fraction of sp³-hybridized carbons (Fsp3) is 0.409. The fourth-order valence-corrected chi connectivity index (χ4v) is 3.22. The van der Waals surface area contributed by atoms with Gasteiger partial charge in [0.15, 0.2) is 0 Å². The molecule has 0 amide bonds. The molecule has 1 heterocycles. The summed E-state index contributed by atoms with van der Waals surface area (Å²) in [7, 11) is 0. The van der Waals surface area contributed by atoms with Crippen LogP contribution in [-0.2, 0) is 6.61 Å². The van der Waals surface area contributed by atoms with E-state index in [0.29, 0.717) is 11.8 Å². The quantitative estimate of drug-likeness (QED) is 0.742. The van der Waals surface area contributed by atoms with Crippen LogP contribution in [0.3, 0.4) is 0 Å². The first-order valence-corrected chi connectivity index (χ1v) is 8.73. The number of hydrogen-bond acceptors (Lipinski definition) is 2. The third kappa shape index (κ3) is 3.93. The van der Waals surface area contributed by atoms with Crippen LogP contribution in [0.25, 0.3) is 17.3 Å². The lowest BCUT2D eigenvalue weighted by molar-refractivity contribution is 0.280. The molecule has 0 unspecified atom stereocenters. The zero-order valence-corrected chi connectivity index (χ0v) is 15.7. The third-order valence-corrected chi connectivity index (χ3v) is 4.24. The smallest absolute Gasteiger partial charge is 0.0708 e. The van der Waals surface area contributed by atoms with Crippen molar-refractivity contribution >= 4 is 6.08 Å². The van der Waals surface area contributed by atoms with Crippen molar-refractivity contribution in [3.8, 4) is 11.3 Å². The van der Waals surface area contributed by atoms with Crippen LogP contribution < -0.4 is 0 Å². The predicted octanol–water partition coefficient (Wildman–Crippen LogP) is 5.91. The van der Waals surface area contributed by atoms with Crippen molar-refractivity contribution in [2.75, 3.05) is 0 Å². The van der Waals surface area contributed by atoms with E-state index in [1.54, 1.807) is 0 Å². The normalized spacial score (nSPS) is 11.2. The van der Waals surface area contributed by atoms with Gasteiger partial charge in [0.05, 0.1) is 12.3 Å². The van der Waals surface area contributed by atoms with E-state index >= 15 is 0 Å². The van der Waals surface area contributed by atoms with E-state index in [2.05, 4.69) is 71.9 Å². The maximum atomic E-state index is 9.78. The van der Waals surface area contributed by atoms with Gasteiger partial charge in [0.25, 0.3) is 0 Å². The molecular formula is C22H29NO. The highest BCUT2D eigenvalue weighted by Crippen LogP contribution is 2.37. The highest BCUT2D eigenvalue weighted by Gasteiger charge is 2.19. The molecular weight excluding hydrogens is 294 g/mol. The molecule has 2 aromatic rings. The number of hydrogen-bond donors (Lipinski definition) is 1. The topological polar surface area (TPSA) is 33.1 Å². The monoisotopic (exact) mass is 323 g/mol. The van der Waals surface area contributed by atoms with Crippen LogP contribution in [0.4, 0.5) is 0 Å². The van der Waals surface area contributed by atoms with E-state index < -0.39 is 0 Å². The summed E-state index contributed by atoms with van der Waals surface area (Å²) in [5.74, 6) is 0.740. The third-order valence-electron chi connectivity index (χ3n) is 4.24. The van der Waals surface area contributed by atoms with Crippen molar-refractivity contribution in [3.05, 3.63) is 58.3 Å². The van der Waals surface area contributed by atoms with Crippen LogP contribution in [-0.4, -0.2) is 10.1 Å². The highest BCUT2D eigenvalue weighted by molar-refractivity contribution is 5.72. The second-order valence-corrected chi connectivity index (χ2v) is 7.27. The number of aliphatic hydroxyl groups excluding tert-OH is 1. The zero-order chi connectivity index (χ0) is 17.9. The van der Waals surface area contributed by atoms with Gasteiger partial charge in [-0.15, -0.1) is 0 Å². The highest BCUT2D eigenvalue weighted by atomic mass is 16.3. The molecule has 1 N–H and O–H groups in total. The summed E-state index contributed by atoms with van der Waals surface area (Å²) >= 11 is 0. The molecule has 2 nitrogen and oxygen atoms in total. The van der Waals surface area contributed by atoms with Gasteiger partial charge in [0.2, 0.25) is 0 Å². The molecule has 0 aliphatic carbocycles. The summed E-state index contributed by atoms with van der Waals surface area (Å²) in [6.07, 6.45) is 4.07. The molecule has 1 aromatic carbocycles. The SMILES string of the molecule is CC(C)=Cc1ccc(-c2c(C(C)C)ccc(CO)c2C(C)C)nc1. The number of pyridine rings is 1. The lowest BCUT2D eigenvalue weighted by Gasteiger charge is -2.22. The minimum absolute atomic E-state index is 0.0642. The number of allylic oxidation sites excluding steroid dienone is 1. The Morgan fingerprint density at radius 2 is 1.75 bits per heavy atom. The molecule has 2 heteroatoms. The Hall–Kier alpha value is -1.93. The average Bonchev–Trinajstić information content (AvgIpc) is 2.53. The molecule has 0 aliphatic rings. The van der Waals surface area contributed by atoms with E-state index in [9.17, 15) is 5.11 Å². The first kappa shape index (κ1) is 18.4. The largest absolute Gasteiger partial charge is 0.392 e. The summed E-state index contributed by atoms with van der Waals surface area (Å²) in [5, 5.41) is 9.78. The van der Waals surface area contributed by atoms with Gasteiger partial charge >= 0.3 is 0 Å². The number of nitrogens with zero attached hydrogens (tertiary/aromatic N) is 1. The maximum absolute atomic E-state index is 9.78. The first-order valence-electron chi connectivity index (χ1n) is 8.73. The van der Waals surface area contributed by atoms with E-state index in [4.69, 9.17) is 4.98 Å². The predicted molar refractivity (Wildman–Crippen MR) is 103 cm³/mol. The van der Waals surface area contributed by atoms with Crippen LogP contribution in [0.15, 0.2) is 36.0 Å². The van der Waals surface area contributed by atoms with Gasteiger partial charge in [-0.25, -0.2) is 0 Å². The summed E-state index contributed by atoms with van der Waals surface area (Å²) < 4.78 is 0. The molecule has 0 spiro atoms. The van der Waals surface area contributed by atoms with Gasteiger partial charge in [0, 0.05) is 11.8 Å². The van der Waals surface area contributed by atoms with E-state index in [1.165, 1.54) is 22.3 Å². The van der Waals surface area contributed by atoms with Crippen molar-refractivity contribution in [3.63, 3.8) is 0 Å². The van der Waals surface area contributed by atoms with Gasteiger partial charge in [-0.1, -0.05) is 57.5 Å². The van der Waals surface area contributed by atoms with E-state index in [-0.39, 0.29) is 6.61 Å². The summed E-state index contributed by atoms with van der Waals surface area (Å²) in [6.45, 7) is 13.0. The Morgan fingerprint density at radius 3 is 2.21 bits per heavy atom. The number of rotatable bonds is 5. The van der Waals surface area contributed by atoms with E-state index in [1.807, 2.05) is 6.20 Å². The number of benzene rings is 1. The number of aromatic nitrogens is 1. The van der Waals surface area contributed by atoms with Crippen LogP contribution in [0.5, 0.6) is 0 Å². The first-order chi connectivity index (χ1) is 11.3.